The van der Waals surface area contributed by atoms with Crippen LogP contribution in [-0.2, 0) is 6.42 Å². The Balaban J connectivity index is 2.97. The van der Waals surface area contributed by atoms with Crippen LogP contribution in [0.1, 0.15) is 30.5 Å². The summed E-state index contributed by atoms with van der Waals surface area (Å²) in [6.45, 7) is 8.69. The Hall–Kier alpha value is -0.200. The van der Waals surface area contributed by atoms with E-state index in [2.05, 4.69) is 45.9 Å². The van der Waals surface area contributed by atoms with Crippen molar-refractivity contribution in [3.05, 3.63) is 34.9 Å². The molecule has 1 aromatic carbocycles. The normalized spacial score (nSPS) is 12.2. The number of benzene rings is 1. The number of hydrogen-bond acceptors (Lipinski definition) is 0. The first kappa shape index (κ1) is 14.9. The van der Waals surface area contributed by atoms with Gasteiger partial charge in [0.05, 0.1) is 0 Å². The first-order valence-corrected chi connectivity index (χ1v) is 7.20. The maximum Gasteiger partial charge on any atom is 0.0297 e. The van der Waals surface area contributed by atoms with E-state index >= 15 is 0 Å². The zero-order valence-electron chi connectivity index (χ0n) is 11.2. The number of rotatable bonds is 5. The lowest BCUT2D eigenvalue weighted by molar-refractivity contribution is 0.259. The first-order chi connectivity index (χ1) is 7.95. The summed E-state index contributed by atoms with van der Waals surface area (Å²) in [5, 5.41) is 0. The van der Waals surface area contributed by atoms with Crippen LogP contribution < -0.4 is 0 Å². The van der Waals surface area contributed by atoms with Gasteiger partial charge in [-0.25, -0.2) is 0 Å². The fourth-order valence-corrected chi connectivity index (χ4v) is 3.05. The molecule has 1 aromatic rings. The second-order valence-corrected chi connectivity index (χ2v) is 5.91. The summed E-state index contributed by atoms with van der Waals surface area (Å²) in [4.78, 5) is 0. The monoisotopic (exact) mass is 272 g/mol. The molecular weight excluding hydrogens is 251 g/mol. The zero-order valence-corrected chi connectivity index (χ0v) is 12.7. The van der Waals surface area contributed by atoms with Crippen LogP contribution in [-0.4, -0.2) is 11.8 Å². The molecule has 0 aliphatic carbocycles. The average molecular weight is 273 g/mol. The van der Waals surface area contributed by atoms with Crippen molar-refractivity contribution in [2.24, 2.45) is 11.3 Å². The van der Waals surface area contributed by atoms with Crippen LogP contribution >= 0.6 is 23.2 Å². The Morgan fingerprint density at radius 2 is 1.65 bits per heavy atom. The van der Waals surface area contributed by atoms with Crippen LogP contribution in [0.25, 0.3) is 0 Å². The van der Waals surface area contributed by atoms with Gasteiger partial charge in [0.25, 0.3) is 0 Å². The van der Waals surface area contributed by atoms with E-state index in [0.717, 1.165) is 6.42 Å². The van der Waals surface area contributed by atoms with E-state index in [1.165, 1.54) is 16.7 Å². The highest BCUT2D eigenvalue weighted by Crippen LogP contribution is 2.35. The Morgan fingerprint density at radius 1 is 1.06 bits per heavy atom. The molecular formula is C15H22Cl2. The minimum atomic E-state index is 0.00477. The van der Waals surface area contributed by atoms with E-state index in [4.69, 9.17) is 23.2 Å². The maximum absolute atomic E-state index is 6.16. The molecule has 0 radical (unpaired) electrons. The molecule has 0 N–H and O–H groups in total. The molecule has 0 amide bonds. The van der Waals surface area contributed by atoms with Crippen molar-refractivity contribution in [1.29, 1.82) is 0 Å². The summed E-state index contributed by atoms with van der Waals surface area (Å²) in [6.07, 6.45) is 0.957. The van der Waals surface area contributed by atoms with Crippen molar-refractivity contribution in [2.75, 3.05) is 11.8 Å². The summed E-state index contributed by atoms with van der Waals surface area (Å²) in [5.41, 5.74) is 4.01. The lowest BCUT2D eigenvalue weighted by Gasteiger charge is -2.34. The summed E-state index contributed by atoms with van der Waals surface area (Å²) < 4.78 is 0. The molecule has 2 heteroatoms. The molecule has 0 bridgehead atoms. The summed E-state index contributed by atoms with van der Waals surface area (Å²) in [5.74, 6) is 1.71. The Bertz CT molecular complexity index is 365. The van der Waals surface area contributed by atoms with Gasteiger partial charge in [-0.15, -0.1) is 23.2 Å². The zero-order chi connectivity index (χ0) is 13.1. The van der Waals surface area contributed by atoms with E-state index in [-0.39, 0.29) is 5.41 Å². The van der Waals surface area contributed by atoms with E-state index in [0.29, 0.717) is 17.7 Å². The van der Waals surface area contributed by atoms with E-state index < -0.39 is 0 Å². The fraction of sp³-hybridized carbons (Fsp3) is 0.600. The summed E-state index contributed by atoms with van der Waals surface area (Å²) in [7, 11) is 0. The van der Waals surface area contributed by atoms with Gasteiger partial charge in [0.2, 0.25) is 0 Å². The molecule has 0 spiro atoms. The van der Waals surface area contributed by atoms with Crippen LogP contribution in [0, 0.1) is 25.2 Å². The van der Waals surface area contributed by atoms with E-state index in [1.807, 2.05) is 0 Å². The molecule has 0 saturated heterocycles. The van der Waals surface area contributed by atoms with Crippen molar-refractivity contribution < 1.29 is 0 Å². The molecule has 0 fully saturated rings. The topological polar surface area (TPSA) is 0 Å². The van der Waals surface area contributed by atoms with Crippen molar-refractivity contribution in [1.82, 2.24) is 0 Å². The smallest absolute Gasteiger partial charge is 0.0297 e. The van der Waals surface area contributed by atoms with Crippen molar-refractivity contribution in [3.8, 4) is 0 Å². The van der Waals surface area contributed by atoms with Gasteiger partial charge >= 0.3 is 0 Å². The molecule has 0 saturated carbocycles. The van der Waals surface area contributed by atoms with E-state index in [9.17, 15) is 0 Å². The molecule has 0 aromatic heterocycles. The van der Waals surface area contributed by atoms with Crippen molar-refractivity contribution in [2.45, 2.75) is 34.1 Å². The van der Waals surface area contributed by atoms with Crippen LogP contribution in [0.5, 0.6) is 0 Å². The Kier molecular flexibility index (Phi) is 5.34. The Labute approximate surface area is 115 Å². The minimum Gasteiger partial charge on any atom is -0.126 e. The molecule has 0 aliphatic rings. The Morgan fingerprint density at radius 3 is 2.06 bits per heavy atom. The lowest BCUT2D eigenvalue weighted by Crippen LogP contribution is -2.34. The highest BCUT2D eigenvalue weighted by atomic mass is 35.5. The minimum absolute atomic E-state index is 0.00477. The number of hydrogen-bond donors (Lipinski definition) is 0. The predicted molar refractivity (Wildman–Crippen MR) is 78.3 cm³/mol. The quantitative estimate of drug-likeness (QED) is 0.665. The molecule has 17 heavy (non-hydrogen) atoms. The summed E-state index contributed by atoms with van der Waals surface area (Å²) >= 11 is 12.3. The maximum atomic E-state index is 6.16. The van der Waals surface area contributed by atoms with Gasteiger partial charge in [0.15, 0.2) is 0 Å². The largest absolute Gasteiger partial charge is 0.126 e. The summed E-state index contributed by atoms with van der Waals surface area (Å²) in [6, 6.07) is 6.63. The van der Waals surface area contributed by atoms with Crippen LogP contribution in [0.15, 0.2) is 18.2 Å². The number of halogens is 2. The standard InChI is InChI=1S/C15H22Cl2/c1-11(2)15(9-16,10-17)8-14-6-5-12(3)13(4)7-14/h5-7,11H,8-10H2,1-4H3. The number of aryl methyl sites for hydroxylation is 2. The van der Waals surface area contributed by atoms with Crippen LogP contribution in [0.4, 0.5) is 0 Å². The SMILES string of the molecule is Cc1ccc(CC(CCl)(CCl)C(C)C)cc1C. The van der Waals surface area contributed by atoms with Crippen LogP contribution in [0.2, 0.25) is 0 Å². The van der Waals surface area contributed by atoms with Crippen molar-refractivity contribution >= 4 is 23.2 Å². The molecule has 1 rings (SSSR count). The van der Waals surface area contributed by atoms with Gasteiger partial charge in [0, 0.05) is 17.2 Å². The van der Waals surface area contributed by atoms with Gasteiger partial charge in [-0.05, 0) is 42.9 Å². The third-order valence-corrected chi connectivity index (χ3v) is 4.95. The van der Waals surface area contributed by atoms with Gasteiger partial charge in [0.1, 0.15) is 0 Å². The molecule has 96 valence electrons. The molecule has 0 heterocycles. The average Bonchev–Trinajstić information content (AvgIpc) is 2.30. The molecule has 0 aliphatic heterocycles. The second-order valence-electron chi connectivity index (χ2n) is 5.38. The predicted octanol–water partition coefficient (Wildman–Crippen LogP) is 4.97. The molecule has 0 nitrogen and oxygen atoms in total. The third kappa shape index (κ3) is 3.39. The molecule has 0 atom stereocenters. The van der Waals surface area contributed by atoms with Gasteiger partial charge < -0.3 is 0 Å². The van der Waals surface area contributed by atoms with Gasteiger partial charge in [-0.2, -0.15) is 0 Å². The number of alkyl halides is 2. The van der Waals surface area contributed by atoms with E-state index in [1.54, 1.807) is 0 Å². The van der Waals surface area contributed by atoms with Crippen molar-refractivity contribution in [3.63, 3.8) is 0 Å². The second kappa shape index (κ2) is 6.11. The molecule has 0 unspecified atom stereocenters. The lowest BCUT2D eigenvalue weighted by atomic mass is 9.75. The highest BCUT2D eigenvalue weighted by Gasteiger charge is 2.32. The highest BCUT2D eigenvalue weighted by molar-refractivity contribution is 6.21. The van der Waals surface area contributed by atoms with Gasteiger partial charge in [-0.3, -0.25) is 0 Å². The van der Waals surface area contributed by atoms with Crippen LogP contribution in [0.3, 0.4) is 0 Å². The first-order valence-electron chi connectivity index (χ1n) is 6.13. The van der Waals surface area contributed by atoms with Gasteiger partial charge in [-0.1, -0.05) is 32.0 Å². The fourth-order valence-electron chi connectivity index (χ4n) is 1.96. The third-order valence-electron chi connectivity index (χ3n) is 3.88.